The van der Waals surface area contributed by atoms with Crippen LogP contribution in [0.5, 0.6) is 5.75 Å². The number of hydrogen-bond donors (Lipinski definition) is 0. The van der Waals surface area contributed by atoms with Gasteiger partial charge in [0.05, 0.1) is 18.3 Å². The fourth-order valence-corrected chi connectivity index (χ4v) is 5.34. The van der Waals surface area contributed by atoms with E-state index in [4.69, 9.17) is 9.84 Å². The minimum absolute atomic E-state index is 0.562. The van der Waals surface area contributed by atoms with Crippen LogP contribution in [-0.2, 0) is 11.2 Å². The number of anilines is 1. The molecule has 1 atom stereocenters. The molecule has 2 aromatic heterocycles. The van der Waals surface area contributed by atoms with Crippen molar-refractivity contribution in [3.8, 4) is 17.0 Å². The van der Waals surface area contributed by atoms with Gasteiger partial charge in [-0.1, -0.05) is 12.1 Å². The van der Waals surface area contributed by atoms with E-state index < -0.39 is 11.2 Å². The van der Waals surface area contributed by atoms with Crippen molar-refractivity contribution >= 4 is 22.4 Å². The first kappa shape index (κ1) is 19.8. The van der Waals surface area contributed by atoms with Gasteiger partial charge in [-0.15, -0.1) is 5.10 Å². The van der Waals surface area contributed by atoms with E-state index >= 15 is 0 Å². The van der Waals surface area contributed by atoms with E-state index in [0.29, 0.717) is 17.1 Å². The second-order valence-electron chi connectivity index (χ2n) is 8.80. The molecule has 2 fully saturated rings. The lowest BCUT2D eigenvalue weighted by atomic mass is 10.00. The van der Waals surface area contributed by atoms with Crippen molar-refractivity contribution in [3.63, 3.8) is 0 Å². The van der Waals surface area contributed by atoms with Crippen molar-refractivity contribution in [3.05, 3.63) is 41.0 Å². The number of benzene rings is 1. The number of ether oxygens (including phenoxy) is 1. The summed E-state index contributed by atoms with van der Waals surface area (Å²) >= 11 is -1.17. The van der Waals surface area contributed by atoms with Gasteiger partial charge in [0.15, 0.2) is 0 Å². The van der Waals surface area contributed by atoms with Crippen LogP contribution in [0.3, 0.4) is 0 Å². The normalized spacial score (nSPS) is 17.4. The molecule has 0 saturated heterocycles. The third-order valence-corrected chi connectivity index (χ3v) is 7.07. The molecule has 0 N–H and O–H groups in total. The molecule has 0 bridgehead atoms. The molecular weight excluding hydrogens is 394 g/mol. The summed E-state index contributed by atoms with van der Waals surface area (Å²) in [6, 6.07) is 9.64. The molecule has 0 radical (unpaired) electrons. The number of methoxy groups -OCH3 is 1. The number of fused-ring (bicyclic) bond motifs is 1. The minimum Gasteiger partial charge on any atom is -0.610 e. The van der Waals surface area contributed by atoms with Crippen molar-refractivity contribution in [2.75, 3.05) is 18.3 Å². The number of rotatable bonds is 6. The number of hydrogen-bond acceptors (Lipinski definition) is 4. The Labute approximate surface area is 181 Å². The Bertz CT molecular complexity index is 1120. The Hall–Kier alpha value is -2.18. The van der Waals surface area contributed by atoms with Crippen LogP contribution in [0.25, 0.3) is 16.8 Å². The van der Waals surface area contributed by atoms with Gasteiger partial charge >= 0.3 is 0 Å². The summed E-state index contributed by atoms with van der Waals surface area (Å²) in [5.41, 5.74) is 7.67. The number of aryl methyl sites for hydroxylation is 3. The summed E-state index contributed by atoms with van der Waals surface area (Å²) in [6.45, 7) is 6.32. The molecule has 0 aliphatic heterocycles. The van der Waals surface area contributed by atoms with Crippen LogP contribution >= 0.6 is 0 Å². The van der Waals surface area contributed by atoms with Gasteiger partial charge in [0.2, 0.25) is 0 Å². The maximum atomic E-state index is 12.8. The first-order valence-electron chi connectivity index (χ1n) is 10.7. The SMILES string of the molecule is COc1cc(C)cc(C)c1-c1ccc(C)c2c(N(C3CC3)C3CC3)c([S+](C)[O-])nn12. The van der Waals surface area contributed by atoms with Gasteiger partial charge in [-0.3, -0.25) is 0 Å². The first-order chi connectivity index (χ1) is 14.4. The largest absolute Gasteiger partial charge is 0.610 e. The molecule has 2 aliphatic rings. The zero-order valence-corrected chi connectivity index (χ0v) is 19.2. The third kappa shape index (κ3) is 3.17. The number of nitrogens with zero attached hydrogens (tertiary/aromatic N) is 3. The summed E-state index contributed by atoms with van der Waals surface area (Å²) in [6.07, 6.45) is 6.61. The highest BCUT2D eigenvalue weighted by Crippen LogP contribution is 2.46. The van der Waals surface area contributed by atoms with Crippen LogP contribution in [-0.4, -0.2) is 39.6 Å². The molecule has 0 spiro atoms. The summed E-state index contributed by atoms with van der Waals surface area (Å²) in [7, 11) is 1.71. The minimum atomic E-state index is -1.17. The summed E-state index contributed by atoms with van der Waals surface area (Å²) in [4.78, 5) is 2.54. The molecule has 1 aromatic carbocycles. The van der Waals surface area contributed by atoms with E-state index in [1.807, 2.05) is 4.52 Å². The van der Waals surface area contributed by atoms with E-state index in [-0.39, 0.29) is 0 Å². The topological polar surface area (TPSA) is 52.8 Å². The van der Waals surface area contributed by atoms with Crippen LogP contribution in [0.2, 0.25) is 0 Å². The first-order valence-corrected chi connectivity index (χ1v) is 12.3. The maximum absolute atomic E-state index is 12.8. The van der Waals surface area contributed by atoms with Gasteiger partial charge in [0.1, 0.15) is 17.7 Å². The lowest BCUT2D eigenvalue weighted by Crippen LogP contribution is -2.29. The highest BCUT2D eigenvalue weighted by Gasteiger charge is 2.43. The molecule has 158 valence electrons. The zero-order valence-electron chi connectivity index (χ0n) is 18.4. The van der Waals surface area contributed by atoms with Crippen LogP contribution in [0.1, 0.15) is 42.4 Å². The highest BCUT2D eigenvalue weighted by atomic mass is 32.2. The van der Waals surface area contributed by atoms with E-state index in [1.165, 1.54) is 31.2 Å². The van der Waals surface area contributed by atoms with Gasteiger partial charge in [-0.25, -0.2) is 4.52 Å². The molecule has 6 heteroatoms. The average Bonchev–Trinajstić information content (AvgIpc) is 3.61. The molecule has 0 amide bonds. The van der Waals surface area contributed by atoms with E-state index in [1.54, 1.807) is 13.4 Å². The van der Waals surface area contributed by atoms with E-state index in [2.05, 4.69) is 49.9 Å². The van der Waals surface area contributed by atoms with Crippen molar-refractivity contribution in [2.45, 2.75) is 63.6 Å². The van der Waals surface area contributed by atoms with Gasteiger partial charge in [-0.2, -0.15) is 0 Å². The van der Waals surface area contributed by atoms with Gasteiger partial charge in [0.25, 0.3) is 5.03 Å². The third-order valence-electron chi connectivity index (χ3n) is 6.25. The van der Waals surface area contributed by atoms with E-state index in [0.717, 1.165) is 39.3 Å². The lowest BCUT2D eigenvalue weighted by molar-refractivity contribution is 0.415. The van der Waals surface area contributed by atoms with Crippen LogP contribution < -0.4 is 9.64 Å². The van der Waals surface area contributed by atoms with Gasteiger partial charge in [-0.05, 0) is 75.3 Å². The molecule has 5 rings (SSSR count). The van der Waals surface area contributed by atoms with Crippen molar-refractivity contribution < 1.29 is 9.29 Å². The summed E-state index contributed by atoms with van der Waals surface area (Å²) in [5, 5.41) is 5.65. The average molecular weight is 424 g/mol. The number of pyridine rings is 1. The van der Waals surface area contributed by atoms with E-state index in [9.17, 15) is 4.55 Å². The predicted octanol–water partition coefficient (Wildman–Crippen LogP) is 4.80. The maximum Gasteiger partial charge on any atom is 0.287 e. The van der Waals surface area contributed by atoms with Crippen LogP contribution in [0.4, 0.5) is 5.69 Å². The lowest BCUT2D eigenvalue weighted by Gasteiger charge is -2.24. The quantitative estimate of drug-likeness (QED) is 0.534. The Morgan fingerprint density at radius 1 is 1.07 bits per heavy atom. The smallest absolute Gasteiger partial charge is 0.287 e. The predicted molar refractivity (Wildman–Crippen MR) is 122 cm³/mol. The zero-order chi connectivity index (χ0) is 21.2. The molecular formula is C24H29N3O2S. The molecule has 2 aliphatic carbocycles. The Kier molecular flexibility index (Phi) is 4.75. The second kappa shape index (κ2) is 7.20. The van der Waals surface area contributed by atoms with Crippen LogP contribution in [0, 0.1) is 20.8 Å². The standard InChI is InChI=1S/C24H29N3O2S/c1-14-12-16(3)21(20(13-14)29-4)19-11-6-15(2)22-23(24(30(5)28)25-27(19)22)26(17-7-8-17)18-9-10-18/h6,11-13,17-18H,7-10H2,1-5H3. The second-order valence-corrected chi connectivity index (χ2v) is 10.1. The Morgan fingerprint density at radius 2 is 1.73 bits per heavy atom. The summed E-state index contributed by atoms with van der Waals surface area (Å²) in [5.74, 6) is 0.843. The molecule has 3 aromatic rings. The number of aromatic nitrogens is 2. The Morgan fingerprint density at radius 3 is 2.30 bits per heavy atom. The molecule has 1 unspecified atom stereocenters. The summed E-state index contributed by atoms with van der Waals surface area (Å²) < 4.78 is 20.6. The molecule has 2 saturated carbocycles. The monoisotopic (exact) mass is 423 g/mol. The highest BCUT2D eigenvalue weighted by molar-refractivity contribution is 7.90. The molecule has 5 nitrogen and oxygen atoms in total. The van der Waals surface area contributed by atoms with Crippen molar-refractivity contribution in [1.29, 1.82) is 0 Å². The molecule has 2 heterocycles. The van der Waals surface area contributed by atoms with Crippen molar-refractivity contribution in [2.24, 2.45) is 0 Å². The van der Waals surface area contributed by atoms with Crippen LogP contribution in [0.15, 0.2) is 29.3 Å². The van der Waals surface area contributed by atoms with Gasteiger partial charge in [0, 0.05) is 28.8 Å². The Balaban J connectivity index is 1.82. The van der Waals surface area contributed by atoms with Gasteiger partial charge < -0.3 is 14.2 Å². The molecule has 30 heavy (non-hydrogen) atoms. The fraction of sp³-hybridized carbons (Fsp3) is 0.458. The fourth-order valence-electron chi connectivity index (χ4n) is 4.67. The van der Waals surface area contributed by atoms with Crippen molar-refractivity contribution in [1.82, 2.24) is 9.61 Å².